The predicted molar refractivity (Wildman–Crippen MR) is 98.9 cm³/mol. The Balaban J connectivity index is 0.00000157. The van der Waals surface area contributed by atoms with Crippen molar-refractivity contribution < 1.29 is 16.8 Å². The van der Waals surface area contributed by atoms with E-state index in [1.165, 1.54) is 0 Å². The van der Waals surface area contributed by atoms with Crippen LogP contribution < -0.4 is 0 Å². The van der Waals surface area contributed by atoms with Gasteiger partial charge in [0.05, 0.1) is 22.8 Å². The summed E-state index contributed by atoms with van der Waals surface area (Å²) in [5.74, 6) is 0. The summed E-state index contributed by atoms with van der Waals surface area (Å²) in [5, 5.41) is 0. The molecule has 0 saturated carbocycles. The molecule has 120 valence electrons. The van der Waals surface area contributed by atoms with Crippen molar-refractivity contribution in [2.45, 2.75) is 0 Å². The summed E-state index contributed by atoms with van der Waals surface area (Å²) in [6.07, 6.45) is 8.09. The Kier molecular flexibility index (Phi) is 3.87. The van der Waals surface area contributed by atoms with Crippen molar-refractivity contribution >= 4 is 46.4 Å². The van der Waals surface area contributed by atoms with Crippen molar-refractivity contribution in [3.63, 3.8) is 0 Å². The Bertz CT molecular complexity index is 990. The maximum atomic E-state index is 4.63. The molecular formula is C20H14CoN4+3. The molecule has 0 atom stereocenters. The van der Waals surface area contributed by atoms with Gasteiger partial charge < -0.3 is 9.97 Å². The minimum absolute atomic E-state index is 0. The van der Waals surface area contributed by atoms with Crippen LogP contribution in [0, 0.1) is 0 Å². The van der Waals surface area contributed by atoms with Gasteiger partial charge >= 0.3 is 16.8 Å². The van der Waals surface area contributed by atoms with Crippen molar-refractivity contribution in [3.8, 4) is 0 Å². The standard InChI is InChI=1S/C20H14N4.Co/c1-2-14-10-16-5-6-18(23-16)12-20-8-7-19(24-20)11-17-4-3-15(22-17)9-13(1)21-14;/h1-12,21,24H;/q;+3. The topological polar surface area (TPSA) is 57.4 Å². The zero-order valence-electron chi connectivity index (χ0n) is 13.2. The van der Waals surface area contributed by atoms with Crippen LogP contribution in [0.15, 0.2) is 48.5 Å². The zero-order chi connectivity index (χ0) is 15.9. The molecule has 0 fully saturated rings. The molecule has 0 radical (unpaired) electrons. The summed E-state index contributed by atoms with van der Waals surface area (Å²) < 4.78 is 0. The van der Waals surface area contributed by atoms with Gasteiger partial charge in [-0.05, 0) is 72.8 Å². The van der Waals surface area contributed by atoms with E-state index in [1.54, 1.807) is 0 Å². The smallest absolute Gasteiger partial charge is 0.355 e. The van der Waals surface area contributed by atoms with Crippen LogP contribution in [-0.4, -0.2) is 19.9 Å². The monoisotopic (exact) mass is 369 g/mol. The predicted octanol–water partition coefficient (Wildman–Crippen LogP) is 4.65. The molecular weight excluding hydrogens is 355 g/mol. The van der Waals surface area contributed by atoms with Crippen LogP contribution in [0.4, 0.5) is 0 Å². The first-order valence-electron chi connectivity index (χ1n) is 7.85. The van der Waals surface area contributed by atoms with Crippen molar-refractivity contribution in [3.05, 3.63) is 71.3 Å². The van der Waals surface area contributed by atoms with Crippen LogP contribution in [0.3, 0.4) is 0 Å². The van der Waals surface area contributed by atoms with Crippen LogP contribution in [0.25, 0.3) is 46.4 Å². The summed E-state index contributed by atoms with van der Waals surface area (Å²) in [4.78, 5) is 16.0. The molecule has 5 rings (SSSR count). The SMILES string of the molecule is C1=Cc2cc3ccc(cc4nc(cc5ccc(cc1n2)[nH]5)C=C4)[nH]3.[Co+3]. The maximum Gasteiger partial charge on any atom is 3.00 e. The first-order valence-corrected chi connectivity index (χ1v) is 7.85. The normalized spacial score (nSPS) is 12.2. The first kappa shape index (κ1) is 15.6. The van der Waals surface area contributed by atoms with E-state index < -0.39 is 0 Å². The van der Waals surface area contributed by atoms with E-state index in [4.69, 9.17) is 0 Å². The summed E-state index contributed by atoms with van der Waals surface area (Å²) in [6.45, 7) is 0. The van der Waals surface area contributed by atoms with Gasteiger partial charge in [-0.1, -0.05) is 0 Å². The third-order valence-electron chi connectivity index (χ3n) is 4.04. The van der Waals surface area contributed by atoms with Crippen LogP contribution >= 0.6 is 0 Å². The van der Waals surface area contributed by atoms with Crippen LogP contribution in [0.5, 0.6) is 0 Å². The number of hydrogen-bond acceptors (Lipinski definition) is 2. The zero-order valence-corrected chi connectivity index (χ0v) is 14.2. The Morgan fingerprint density at radius 1 is 0.480 bits per heavy atom. The molecule has 5 heterocycles. The molecule has 3 aromatic heterocycles. The van der Waals surface area contributed by atoms with Gasteiger partial charge in [0, 0.05) is 22.1 Å². The Labute approximate surface area is 154 Å². The second-order valence-corrected chi connectivity index (χ2v) is 5.91. The fraction of sp³-hybridized carbons (Fsp3) is 0. The second kappa shape index (κ2) is 6.20. The Morgan fingerprint density at radius 3 is 1.04 bits per heavy atom. The average Bonchev–Trinajstić information content (AvgIpc) is 3.32. The largest absolute Gasteiger partial charge is 3.00 e. The number of aromatic amines is 2. The van der Waals surface area contributed by atoms with Crippen molar-refractivity contribution in [1.82, 2.24) is 19.9 Å². The third-order valence-corrected chi connectivity index (χ3v) is 4.04. The van der Waals surface area contributed by atoms with Crippen molar-refractivity contribution in [2.75, 3.05) is 0 Å². The molecule has 3 aromatic rings. The summed E-state index contributed by atoms with van der Waals surface area (Å²) in [7, 11) is 0. The molecule has 2 aliphatic heterocycles. The van der Waals surface area contributed by atoms with Gasteiger partial charge in [0.15, 0.2) is 0 Å². The van der Waals surface area contributed by atoms with Crippen molar-refractivity contribution in [2.24, 2.45) is 0 Å². The second-order valence-electron chi connectivity index (χ2n) is 5.91. The number of rotatable bonds is 0. The molecule has 2 aliphatic rings. The molecule has 0 aliphatic carbocycles. The van der Waals surface area contributed by atoms with Gasteiger partial charge in [-0.3, -0.25) is 0 Å². The molecule has 0 aromatic carbocycles. The molecule has 25 heavy (non-hydrogen) atoms. The van der Waals surface area contributed by atoms with E-state index in [2.05, 4.69) is 44.2 Å². The fourth-order valence-electron chi connectivity index (χ4n) is 2.94. The van der Waals surface area contributed by atoms with E-state index in [-0.39, 0.29) is 16.8 Å². The third kappa shape index (κ3) is 3.20. The van der Waals surface area contributed by atoms with Gasteiger partial charge in [-0.15, -0.1) is 0 Å². The molecule has 0 saturated heterocycles. The quantitative estimate of drug-likeness (QED) is 0.417. The number of fused-ring (bicyclic) bond motifs is 8. The molecule has 0 amide bonds. The van der Waals surface area contributed by atoms with Gasteiger partial charge in [0.25, 0.3) is 0 Å². The van der Waals surface area contributed by atoms with Crippen LogP contribution in [-0.2, 0) is 16.8 Å². The van der Waals surface area contributed by atoms with Gasteiger partial charge in [-0.2, -0.15) is 0 Å². The van der Waals surface area contributed by atoms with E-state index in [9.17, 15) is 0 Å². The Morgan fingerprint density at radius 2 is 0.760 bits per heavy atom. The van der Waals surface area contributed by atoms with Crippen LogP contribution in [0.1, 0.15) is 22.8 Å². The minimum Gasteiger partial charge on any atom is -0.355 e. The van der Waals surface area contributed by atoms with Crippen molar-refractivity contribution in [1.29, 1.82) is 0 Å². The van der Waals surface area contributed by atoms with Crippen LogP contribution in [0.2, 0.25) is 0 Å². The van der Waals surface area contributed by atoms with E-state index in [0.29, 0.717) is 0 Å². The first-order chi connectivity index (χ1) is 11.8. The number of nitrogens with one attached hydrogen (secondary N) is 2. The number of nitrogens with zero attached hydrogens (tertiary/aromatic N) is 2. The minimum atomic E-state index is 0. The van der Waals surface area contributed by atoms with Gasteiger partial charge in [-0.25, -0.2) is 9.97 Å². The molecule has 4 nitrogen and oxygen atoms in total. The molecule has 0 unspecified atom stereocenters. The van der Waals surface area contributed by atoms with Gasteiger partial charge in [0.1, 0.15) is 0 Å². The summed E-state index contributed by atoms with van der Waals surface area (Å²) >= 11 is 0. The van der Waals surface area contributed by atoms with Gasteiger partial charge in [0.2, 0.25) is 0 Å². The van der Waals surface area contributed by atoms with E-state index >= 15 is 0 Å². The molecule has 0 spiro atoms. The maximum absolute atomic E-state index is 4.63. The van der Waals surface area contributed by atoms with E-state index in [1.807, 2.05) is 48.6 Å². The van der Waals surface area contributed by atoms with E-state index in [0.717, 1.165) is 44.8 Å². The number of aromatic nitrogens is 4. The summed E-state index contributed by atoms with van der Waals surface area (Å²) in [5.41, 5.74) is 7.86. The molecule has 2 N–H and O–H groups in total. The molecule has 8 bridgehead atoms. The number of H-pyrrole nitrogens is 2. The number of hydrogen-bond donors (Lipinski definition) is 2. The Hall–Kier alpha value is -2.89. The summed E-state index contributed by atoms with van der Waals surface area (Å²) in [6, 6.07) is 16.4. The fourth-order valence-corrected chi connectivity index (χ4v) is 2.94. The molecule has 5 heteroatoms. The average molecular weight is 369 g/mol.